The fourth-order valence-corrected chi connectivity index (χ4v) is 3.07. The van der Waals surface area contributed by atoms with Crippen molar-refractivity contribution in [2.45, 2.75) is 4.90 Å². The molecular weight excluding hydrogens is 282 g/mol. The average Bonchev–Trinajstić information content (AvgIpc) is 2.18. The fourth-order valence-electron chi connectivity index (χ4n) is 1.28. The molecule has 0 fully saturated rings. The Labute approximate surface area is 95.8 Å². The molecule has 1 aromatic rings. The average molecular weight is 290 g/mol. The number of hydrogen-bond donors (Lipinski definition) is 2. The highest BCUT2D eigenvalue weighted by atomic mass is 79.9. The zero-order valence-corrected chi connectivity index (χ0v) is 10.2. The summed E-state index contributed by atoms with van der Waals surface area (Å²) in [5, 5.41) is 2.88. The van der Waals surface area contributed by atoms with Gasteiger partial charge in [0, 0.05) is 11.5 Å². The van der Waals surface area contributed by atoms with Gasteiger partial charge in [0.2, 0.25) is 5.96 Å². The first-order valence-electron chi connectivity index (χ1n) is 4.10. The first-order chi connectivity index (χ1) is 7.04. The van der Waals surface area contributed by atoms with Crippen LogP contribution >= 0.6 is 15.9 Å². The maximum atomic E-state index is 11.7. The minimum absolute atomic E-state index is 0.212. The number of nitrogens with zero attached hydrogens (tertiary/aromatic N) is 1. The molecule has 1 aliphatic rings. The van der Waals surface area contributed by atoms with E-state index >= 15 is 0 Å². The number of para-hydroxylation sites is 1. The molecule has 1 aliphatic heterocycles. The topological polar surface area (TPSA) is 70.6 Å². The van der Waals surface area contributed by atoms with Gasteiger partial charge in [0.05, 0.1) is 5.69 Å². The van der Waals surface area contributed by atoms with Gasteiger partial charge < -0.3 is 5.32 Å². The third kappa shape index (κ3) is 1.72. The Bertz CT molecular complexity index is 539. The summed E-state index contributed by atoms with van der Waals surface area (Å²) in [4.78, 5) is 3.99. The van der Waals surface area contributed by atoms with Crippen molar-refractivity contribution in [3.05, 3.63) is 22.7 Å². The Morgan fingerprint density at radius 1 is 1.40 bits per heavy atom. The zero-order valence-electron chi connectivity index (χ0n) is 7.78. The van der Waals surface area contributed by atoms with Crippen LogP contribution in [0.25, 0.3) is 0 Å². The van der Waals surface area contributed by atoms with Gasteiger partial charge >= 0.3 is 0 Å². The van der Waals surface area contributed by atoms with E-state index in [0.29, 0.717) is 10.2 Å². The molecule has 0 bridgehead atoms. The minimum Gasteiger partial charge on any atom is -0.323 e. The smallest absolute Gasteiger partial charge is 0.266 e. The molecule has 0 saturated heterocycles. The molecule has 0 saturated carbocycles. The minimum atomic E-state index is -3.50. The van der Waals surface area contributed by atoms with E-state index < -0.39 is 10.0 Å². The van der Waals surface area contributed by atoms with Gasteiger partial charge in [-0.1, -0.05) is 6.07 Å². The van der Waals surface area contributed by atoms with Crippen LogP contribution in [0.1, 0.15) is 0 Å². The standard InChI is InChI=1S/C8H8BrN3O2S/c1-10-8-11-7-5(9)3-2-4-6(7)15(13,14)12-8/h2-4H,1H3,(H2,10,11,12). The number of sulfonamides is 1. The molecule has 2 rings (SSSR count). The van der Waals surface area contributed by atoms with E-state index in [4.69, 9.17) is 0 Å². The van der Waals surface area contributed by atoms with Crippen molar-refractivity contribution in [3.8, 4) is 0 Å². The lowest BCUT2D eigenvalue weighted by molar-refractivity contribution is 0.591. The molecule has 0 spiro atoms. The largest absolute Gasteiger partial charge is 0.323 e. The summed E-state index contributed by atoms with van der Waals surface area (Å²) in [7, 11) is -1.99. The first-order valence-corrected chi connectivity index (χ1v) is 6.37. The summed E-state index contributed by atoms with van der Waals surface area (Å²) in [5.74, 6) is 0.217. The first kappa shape index (κ1) is 10.4. The van der Waals surface area contributed by atoms with Gasteiger partial charge in [0.15, 0.2) is 0 Å². The number of aliphatic imine (C=N–C) groups is 1. The Kier molecular flexibility index (Phi) is 2.43. The second-order valence-corrected chi connectivity index (χ2v) is 5.42. The van der Waals surface area contributed by atoms with Crippen LogP contribution in [-0.2, 0) is 10.0 Å². The van der Waals surface area contributed by atoms with Crippen molar-refractivity contribution < 1.29 is 8.42 Å². The fraction of sp³-hybridized carbons (Fsp3) is 0.125. The van der Waals surface area contributed by atoms with Crippen molar-refractivity contribution in [2.75, 3.05) is 12.4 Å². The van der Waals surface area contributed by atoms with Gasteiger partial charge in [-0.2, -0.15) is 0 Å². The van der Waals surface area contributed by atoms with Gasteiger partial charge in [-0.3, -0.25) is 4.99 Å². The summed E-state index contributed by atoms with van der Waals surface area (Å²) in [6.45, 7) is 0. The molecule has 0 radical (unpaired) electrons. The molecule has 80 valence electrons. The summed E-state index contributed by atoms with van der Waals surface area (Å²) >= 11 is 3.28. The monoisotopic (exact) mass is 289 g/mol. The molecule has 0 aromatic heterocycles. The number of benzene rings is 1. The van der Waals surface area contributed by atoms with Gasteiger partial charge in [-0.05, 0) is 28.1 Å². The number of hydrogen-bond acceptors (Lipinski definition) is 3. The van der Waals surface area contributed by atoms with Crippen LogP contribution in [0.5, 0.6) is 0 Å². The maximum absolute atomic E-state index is 11.7. The number of fused-ring (bicyclic) bond motifs is 1. The summed E-state index contributed by atoms with van der Waals surface area (Å²) in [6, 6.07) is 4.96. The number of rotatable bonds is 0. The third-order valence-corrected chi connectivity index (χ3v) is 4.01. The van der Waals surface area contributed by atoms with Gasteiger partial charge in [-0.15, -0.1) is 0 Å². The highest BCUT2D eigenvalue weighted by Gasteiger charge is 2.27. The van der Waals surface area contributed by atoms with E-state index in [9.17, 15) is 8.42 Å². The highest BCUT2D eigenvalue weighted by molar-refractivity contribution is 9.10. The molecule has 1 aromatic carbocycles. The second-order valence-electron chi connectivity index (χ2n) is 2.92. The Balaban J connectivity index is 2.71. The second kappa shape index (κ2) is 3.49. The van der Waals surface area contributed by atoms with Crippen molar-refractivity contribution in [1.29, 1.82) is 0 Å². The predicted molar refractivity (Wildman–Crippen MR) is 61.4 cm³/mol. The number of halogens is 1. The van der Waals surface area contributed by atoms with Crippen LogP contribution in [0.4, 0.5) is 5.69 Å². The van der Waals surface area contributed by atoms with E-state index in [1.54, 1.807) is 12.1 Å². The van der Waals surface area contributed by atoms with Crippen LogP contribution in [0.15, 0.2) is 32.6 Å². The summed E-state index contributed by atoms with van der Waals surface area (Å²) in [6.07, 6.45) is 0. The number of guanidine groups is 1. The lowest BCUT2D eigenvalue weighted by atomic mass is 10.3. The molecule has 0 aliphatic carbocycles. The van der Waals surface area contributed by atoms with Crippen molar-refractivity contribution in [2.24, 2.45) is 4.99 Å². The quantitative estimate of drug-likeness (QED) is 0.752. The molecule has 0 atom stereocenters. The molecule has 2 N–H and O–H groups in total. The molecule has 5 nitrogen and oxygen atoms in total. The Hall–Kier alpha value is -1.08. The summed E-state index contributed by atoms with van der Waals surface area (Å²) in [5.41, 5.74) is 0.511. The van der Waals surface area contributed by atoms with Gasteiger partial charge in [0.25, 0.3) is 10.0 Å². The molecule has 15 heavy (non-hydrogen) atoms. The number of nitrogens with one attached hydrogen (secondary N) is 2. The third-order valence-electron chi connectivity index (χ3n) is 1.96. The van der Waals surface area contributed by atoms with E-state index in [-0.39, 0.29) is 10.9 Å². The van der Waals surface area contributed by atoms with E-state index in [1.165, 1.54) is 13.1 Å². The zero-order chi connectivity index (χ0) is 11.1. The van der Waals surface area contributed by atoms with Crippen LogP contribution in [0.3, 0.4) is 0 Å². The van der Waals surface area contributed by atoms with Crippen molar-refractivity contribution >= 4 is 37.6 Å². The molecule has 7 heteroatoms. The number of anilines is 1. The maximum Gasteiger partial charge on any atom is 0.266 e. The van der Waals surface area contributed by atoms with E-state index in [1.807, 2.05) is 0 Å². The normalized spacial score (nSPS) is 20.3. The van der Waals surface area contributed by atoms with Crippen LogP contribution in [0.2, 0.25) is 0 Å². The van der Waals surface area contributed by atoms with Crippen LogP contribution in [-0.4, -0.2) is 21.4 Å². The summed E-state index contributed by atoms with van der Waals surface area (Å²) < 4.78 is 26.5. The van der Waals surface area contributed by atoms with Gasteiger partial charge in [0.1, 0.15) is 4.90 Å². The predicted octanol–water partition coefficient (Wildman–Crippen LogP) is 1.14. The lowest BCUT2D eigenvalue weighted by Crippen LogP contribution is -2.40. The SMILES string of the molecule is CN=C1Nc2c(Br)cccc2S(=O)(=O)N1. The van der Waals surface area contributed by atoms with Gasteiger partial charge in [-0.25, -0.2) is 13.1 Å². The Morgan fingerprint density at radius 3 is 2.80 bits per heavy atom. The molecule has 0 amide bonds. The van der Waals surface area contributed by atoms with Crippen molar-refractivity contribution in [1.82, 2.24) is 4.72 Å². The molecule has 0 unspecified atom stereocenters. The van der Waals surface area contributed by atoms with Crippen molar-refractivity contribution in [3.63, 3.8) is 0 Å². The molecule has 1 heterocycles. The lowest BCUT2D eigenvalue weighted by Gasteiger charge is -2.21. The van der Waals surface area contributed by atoms with E-state index in [0.717, 1.165) is 0 Å². The molecular formula is C8H8BrN3O2S. The van der Waals surface area contributed by atoms with Crippen LogP contribution < -0.4 is 10.0 Å². The van der Waals surface area contributed by atoms with E-state index in [2.05, 4.69) is 31.0 Å². The highest BCUT2D eigenvalue weighted by Crippen LogP contribution is 2.31. The Morgan fingerprint density at radius 2 is 2.13 bits per heavy atom. The van der Waals surface area contributed by atoms with Crippen LogP contribution in [0, 0.1) is 0 Å².